The van der Waals surface area contributed by atoms with Crippen molar-refractivity contribution in [2.24, 2.45) is 65.0 Å². The Morgan fingerprint density at radius 3 is 2.16 bits per heavy atom. The number of likely N-dealkylation sites (tertiary alicyclic amines) is 2. The largest absolute Gasteiger partial charge is 0.461 e. The average Bonchev–Trinajstić information content (AvgIpc) is 4.21. The summed E-state index contributed by atoms with van der Waals surface area (Å²) in [7, 11) is 1.80. The number of aromatic nitrogens is 1. The maximum Gasteiger partial charge on any atom is 0.325 e. The molecule has 2 saturated heterocycles. The van der Waals surface area contributed by atoms with Crippen LogP contribution in [0, 0.1) is 52.3 Å². The summed E-state index contributed by atoms with van der Waals surface area (Å²) >= 11 is 0. The quantitative estimate of drug-likeness (QED) is 0.0588. The van der Waals surface area contributed by atoms with E-state index in [1.54, 1.807) is 36.1 Å². The van der Waals surface area contributed by atoms with E-state index in [2.05, 4.69) is 62.0 Å². The van der Waals surface area contributed by atoms with Crippen molar-refractivity contribution in [1.29, 1.82) is 0 Å². The van der Waals surface area contributed by atoms with Gasteiger partial charge in [-0.05, 0) is 149 Å². The second kappa shape index (κ2) is 25.0. The Labute approximate surface area is 451 Å². The number of aryl methyl sites for hydroxylation is 1. The van der Waals surface area contributed by atoms with E-state index in [0.29, 0.717) is 61.5 Å². The van der Waals surface area contributed by atoms with Crippen LogP contribution in [0.2, 0.25) is 0 Å². The Bertz CT molecular complexity index is 2360. The molecule has 420 valence electrons. The number of hydrogen-bond donors (Lipinski definition) is 5. The summed E-state index contributed by atoms with van der Waals surface area (Å²) in [5.41, 5.74) is 7.84. The third-order valence-corrected chi connectivity index (χ3v) is 19.0. The van der Waals surface area contributed by atoms with Gasteiger partial charge in [-0.1, -0.05) is 73.0 Å². The lowest BCUT2D eigenvalue weighted by atomic mass is 9.47. The number of esters is 1. The summed E-state index contributed by atoms with van der Waals surface area (Å²) in [6.07, 6.45) is 18.8. The Morgan fingerprint density at radius 1 is 0.776 bits per heavy atom. The van der Waals surface area contributed by atoms with Gasteiger partial charge in [0.25, 0.3) is 5.91 Å². The Kier molecular flexibility index (Phi) is 19.2. The molecular formula is C59H91N8O9+. The van der Waals surface area contributed by atoms with Gasteiger partial charge in [0, 0.05) is 32.0 Å². The Hall–Kier alpha value is -5.35. The lowest BCUT2D eigenvalue weighted by molar-refractivity contribution is -0.671. The molecular weight excluding hydrogens is 965 g/mol. The van der Waals surface area contributed by atoms with Gasteiger partial charge < -0.3 is 41.5 Å². The SMILES string of the molecule is CC(C)CC[C@@H](C)[C@H]1CC[C@H]2[C@@H]3CC=C4C[C@H](OC(=O)CNC(=O)[C@@H]5CCCN5C(=O)[C@H](CC(C)C)NC(=O)[C@H](CCC(N)=O)NC(=O)[C@H](C)NC(=O)[C@@H]5CCCN5C(=O)c5ccc[n+](C)c5)CC[C@]4(C)[C@H]3CC[C@]12C. The molecule has 0 spiro atoms. The fourth-order valence-corrected chi connectivity index (χ4v) is 14.9. The molecule has 0 aromatic carbocycles. The number of nitrogens with two attached hydrogens (primary N) is 1. The first-order chi connectivity index (χ1) is 36.0. The minimum absolute atomic E-state index is 0.0744. The van der Waals surface area contributed by atoms with Crippen molar-refractivity contribution in [2.45, 2.75) is 201 Å². The molecule has 17 heteroatoms. The number of ether oxygens (including phenoxy) is 1. The minimum Gasteiger partial charge on any atom is -0.461 e. The van der Waals surface area contributed by atoms with Gasteiger partial charge in [0.15, 0.2) is 12.4 Å². The molecule has 0 bridgehead atoms. The third-order valence-electron chi connectivity index (χ3n) is 19.0. The van der Waals surface area contributed by atoms with E-state index in [9.17, 15) is 38.4 Å². The molecule has 0 unspecified atom stereocenters. The Morgan fingerprint density at radius 2 is 1.47 bits per heavy atom. The first kappa shape index (κ1) is 58.3. The fourth-order valence-electron chi connectivity index (χ4n) is 14.9. The smallest absolute Gasteiger partial charge is 0.325 e. The molecule has 3 saturated carbocycles. The predicted molar refractivity (Wildman–Crippen MR) is 287 cm³/mol. The predicted octanol–water partition coefficient (Wildman–Crippen LogP) is 5.57. The monoisotopic (exact) mass is 1060 g/mol. The molecule has 7 amide bonds. The van der Waals surface area contributed by atoms with Crippen molar-refractivity contribution in [3.63, 3.8) is 0 Å². The van der Waals surface area contributed by atoms with Crippen LogP contribution in [0.15, 0.2) is 36.2 Å². The van der Waals surface area contributed by atoms with Gasteiger partial charge in [0.05, 0.1) is 0 Å². The number of hydrogen-bond acceptors (Lipinski definition) is 9. The molecule has 2 aliphatic heterocycles. The van der Waals surface area contributed by atoms with Crippen molar-refractivity contribution in [1.82, 2.24) is 31.1 Å². The highest BCUT2D eigenvalue weighted by Gasteiger charge is 2.59. The van der Waals surface area contributed by atoms with E-state index in [0.717, 1.165) is 42.9 Å². The molecule has 1 aromatic rings. The molecule has 1 aromatic heterocycles. The molecule has 4 aliphatic carbocycles. The van der Waals surface area contributed by atoms with Crippen LogP contribution in [-0.2, 0) is 45.3 Å². The molecule has 6 N–H and O–H groups in total. The molecule has 13 atom stereocenters. The van der Waals surface area contributed by atoms with Gasteiger partial charge in [0.1, 0.15) is 55.5 Å². The lowest BCUT2D eigenvalue weighted by Crippen LogP contribution is -2.59. The number of nitrogens with zero attached hydrogens (tertiary/aromatic N) is 3. The van der Waals surface area contributed by atoms with Crippen LogP contribution in [0.25, 0.3) is 0 Å². The van der Waals surface area contributed by atoms with Crippen molar-refractivity contribution in [2.75, 3.05) is 19.6 Å². The van der Waals surface area contributed by atoms with Crippen LogP contribution in [0.1, 0.15) is 175 Å². The average molecular weight is 1060 g/mol. The topological polar surface area (TPSA) is 230 Å². The maximum atomic E-state index is 14.4. The first-order valence-electron chi connectivity index (χ1n) is 28.9. The molecule has 5 fully saturated rings. The van der Waals surface area contributed by atoms with Crippen LogP contribution in [0.4, 0.5) is 0 Å². The summed E-state index contributed by atoms with van der Waals surface area (Å²) in [6, 6.07) is -1.80. The summed E-state index contributed by atoms with van der Waals surface area (Å²) in [5.74, 6) is -0.109. The zero-order valence-corrected chi connectivity index (χ0v) is 47.1. The van der Waals surface area contributed by atoms with Gasteiger partial charge in [-0.15, -0.1) is 0 Å². The molecule has 17 nitrogen and oxygen atoms in total. The molecule has 3 heterocycles. The lowest BCUT2D eigenvalue weighted by Gasteiger charge is -2.58. The molecule has 0 radical (unpaired) electrons. The number of allylic oxidation sites excluding steroid dienone is 1. The number of amides is 7. The van der Waals surface area contributed by atoms with Crippen molar-refractivity contribution >= 4 is 47.3 Å². The maximum absolute atomic E-state index is 14.4. The van der Waals surface area contributed by atoms with Crippen LogP contribution >= 0.6 is 0 Å². The number of nitrogens with one attached hydrogen (secondary N) is 4. The number of carbonyl (C=O) groups is 8. The highest BCUT2D eigenvalue weighted by atomic mass is 16.5. The third kappa shape index (κ3) is 13.3. The van der Waals surface area contributed by atoms with Crippen LogP contribution < -0.4 is 31.6 Å². The number of rotatable bonds is 21. The van der Waals surface area contributed by atoms with E-state index < -0.39 is 71.6 Å². The van der Waals surface area contributed by atoms with Crippen LogP contribution in [0.5, 0.6) is 0 Å². The number of pyridine rings is 1. The van der Waals surface area contributed by atoms with E-state index in [-0.39, 0.29) is 55.7 Å². The molecule has 76 heavy (non-hydrogen) atoms. The summed E-state index contributed by atoms with van der Waals surface area (Å²) in [4.78, 5) is 111. The van der Waals surface area contributed by atoms with Crippen molar-refractivity contribution in [3.05, 3.63) is 41.7 Å². The van der Waals surface area contributed by atoms with E-state index in [1.165, 1.54) is 60.8 Å². The first-order valence-corrected chi connectivity index (χ1v) is 28.9. The van der Waals surface area contributed by atoms with E-state index >= 15 is 0 Å². The zero-order valence-electron chi connectivity index (χ0n) is 47.1. The van der Waals surface area contributed by atoms with Gasteiger partial charge in [0.2, 0.25) is 35.4 Å². The number of primary amides is 1. The standard InChI is InChI=1S/C59H90N8O9/c1-35(2)16-17-37(5)43-20-21-44-42-19-18-40-32-41(24-26-58(40,7)45(42)25-27-59(43,44)8)76-51(69)33-61-54(72)48-14-11-30-67(48)57(75)47(31-36(3)4)64-53(71)46(22-23-50(60)68)63-52(70)38(6)62-55(73)49-15-12-29-66(49)56(74)39-13-10-28-65(9)34-39/h10,13,18,28,34-38,41-49H,11-12,14-17,19-27,29-33H2,1-9H3,(H5-,60,61,62,63,64,68,70,71,72,73)/p+1/t37-,38+,41-,42+,43-,44+,45+,46+,47+,48+,49+,58+,59-/m1/s1. The summed E-state index contributed by atoms with van der Waals surface area (Å²) in [6.45, 7) is 17.8. The van der Waals surface area contributed by atoms with Crippen LogP contribution in [0.3, 0.4) is 0 Å². The second-order valence-corrected chi connectivity index (χ2v) is 25.1. The van der Waals surface area contributed by atoms with Crippen molar-refractivity contribution in [3.8, 4) is 0 Å². The van der Waals surface area contributed by atoms with Gasteiger partial charge in [-0.3, -0.25) is 38.4 Å². The second-order valence-electron chi connectivity index (χ2n) is 25.1. The van der Waals surface area contributed by atoms with Gasteiger partial charge in [-0.2, -0.15) is 0 Å². The summed E-state index contributed by atoms with van der Waals surface area (Å²) in [5, 5.41) is 10.9. The van der Waals surface area contributed by atoms with Crippen LogP contribution in [-0.4, -0.2) is 113 Å². The Balaban J connectivity index is 0.907. The van der Waals surface area contributed by atoms with Crippen molar-refractivity contribution < 1.29 is 47.7 Å². The zero-order chi connectivity index (χ0) is 55.2. The van der Waals surface area contributed by atoms with Gasteiger partial charge >= 0.3 is 5.97 Å². The highest BCUT2D eigenvalue weighted by molar-refractivity contribution is 5.99. The number of fused-ring (bicyclic) bond motifs is 5. The number of carbonyl (C=O) groups excluding carboxylic acids is 8. The minimum atomic E-state index is -1.31. The molecule has 6 aliphatic rings. The van der Waals surface area contributed by atoms with Gasteiger partial charge in [-0.25, -0.2) is 4.57 Å². The molecule has 7 rings (SSSR count). The normalized spacial score (nSPS) is 29.5. The highest BCUT2D eigenvalue weighted by Crippen LogP contribution is 2.67. The fraction of sp³-hybridized carbons (Fsp3) is 0.746. The van der Waals surface area contributed by atoms with E-state index in [1.807, 2.05) is 13.8 Å². The van der Waals surface area contributed by atoms with E-state index in [4.69, 9.17) is 10.5 Å². The summed E-state index contributed by atoms with van der Waals surface area (Å²) < 4.78 is 7.80.